The highest BCUT2D eigenvalue weighted by Gasteiger charge is 2.23. The molecule has 4 nitrogen and oxygen atoms in total. The van der Waals surface area contributed by atoms with E-state index < -0.39 is 5.41 Å². The number of hydrogen-bond donors (Lipinski definition) is 3. The minimum atomic E-state index is -0.464. The zero-order chi connectivity index (χ0) is 9.61. The van der Waals surface area contributed by atoms with E-state index >= 15 is 0 Å². The topological polar surface area (TPSA) is 81.1 Å². The molecule has 0 aromatic rings. The van der Waals surface area contributed by atoms with Crippen LogP contribution in [0.15, 0.2) is 0 Å². The Morgan fingerprint density at radius 1 is 1.50 bits per heavy atom. The summed E-state index contributed by atoms with van der Waals surface area (Å²) < 4.78 is 0. The number of carbonyl (C=O) groups is 1. The Morgan fingerprint density at radius 2 is 2.08 bits per heavy atom. The largest absolute Gasteiger partial charge is 0.369 e. The first-order valence-electron chi connectivity index (χ1n) is 4.21. The molecule has 0 unspecified atom stereocenters. The van der Waals surface area contributed by atoms with E-state index in [1.54, 1.807) is 0 Å². The van der Waals surface area contributed by atoms with Gasteiger partial charge in [-0.05, 0) is 33.4 Å². The lowest BCUT2D eigenvalue weighted by Gasteiger charge is -2.20. The zero-order valence-electron chi connectivity index (χ0n) is 7.89. The van der Waals surface area contributed by atoms with Crippen LogP contribution in [0.2, 0.25) is 0 Å². The van der Waals surface area contributed by atoms with Crippen LogP contribution in [-0.2, 0) is 4.79 Å². The van der Waals surface area contributed by atoms with Gasteiger partial charge in [-0.3, -0.25) is 4.79 Å². The highest BCUT2D eigenvalue weighted by molar-refractivity contribution is 5.80. The van der Waals surface area contributed by atoms with Crippen molar-refractivity contribution >= 4 is 5.91 Å². The summed E-state index contributed by atoms with van der Waals surface area (Å²) in [6.45, 7) is 5.77. The van der Waals surface area contributed by atoms with Crippen LogP contribution in [0.25, 0.3) is 0 Å². The van der Waals surface area contributed by atoms with Gasteiger partial charge in [0.25, 0.3) is 0 Å². The van der Waals surface area contributed by atoms with Gasteiger partial charge in [-0.1, -0.05) is 0 Å². The third-order valence-corrected chi connectivity index (χ3v) is 1.79. The Bertz CT molecular complexity index is 145. The van der Waals surface area contributed by atoms with Crippen LogP contribution in [0, 0.1) is 5.41 Å². The lowest BCUT2D eigenvalue weighted by molar-refractivity contribution is -0.125. The number of nitrogens with two attached hydrogens (primary N) is 2. The average molecular weight is 173 g/mol. The molecule has 12 heavy (non-hydrogen) atoms. The van der Waals surface area contributed by atoms with Crippen molar-refractivity contribution in [1.29, 1.82) is 0 Å². The fourth-order valence-corrected chi connectivity index (χ4v) is 0.715. The maximum Gasteiger partial charge on any atom is 0.224 e. The molecular formula is C8H19N3O. The van der Waals surface area contributed by atoms with E-state index in [1.807, 2.05) is 13.8 Å². The third kappa shape index (κ3) is 4.31. The minimum Gasteiger partial charge on any atom is -0.369 e. The van der Waals surface area contributed by atoms with Gasteiger partial charge < -0.3 is 16.8 Å². The molecule has 5 N–H and O–H groups in total. The van der Waals surface area contributed by atoms with Crippen molar-refractivity contribution in [3.05, 3.63) is 0 Å². The number of primary amides is 1. The Morgan fingerprint density at radius 3 is 2.50 bits per heavy atom. The lowest BCUT2D eigenvalue weighted by Crippen LogP contribution is -2.40. The summed E-state index contributed by atoms with van der Waals surface area (Å²) in [7, 11) is 0. The molecule has 0 radical (unpaired) electrons. The van der Waals surface area contributed by atoms with Gasteiger partial charge in [-0.2, -0.15) is 0 Å². The smallest absolute Gasteiger partial charge is 0.224 e. The van der Waals surface area contributed by atoms with Gasteiger partial charge in [-0.25, -0.2) is 0 Å². The van der Waals surface area contributed by atoms with E-state index in [-0.39, 0.29) is 5.91 Å². The molecule has 0 atom stereocenters. The monoisotopic (exact) mass is 173 g/mol. The molecule has 1 amide bonds. The molecule has 0 heterocycles. The maximum atomic E-state index is 10.8. The molecular weight excluding hydrogens is 154 g/mol. The predicted molar refractivity (Wildman–Crippen MR) is 49.5 cm³/mol. The van der Waals surface area contributed by atoms with E-state index in [0.717, 1.165) is 13.0 Å². The van der Waals surface area contributed by atoms with Crippen molar-refractivity contribution in [3.63, 3.8) is 0 Å². The first-order valence-corrected chi connectivity index (χ1v) is 4.21. The summed E-state index contributed by atoms with van der Waals surface area (Å²) in [5, 5.41) is 3.13. The van der Waals surface area contributed by atoms with Crippen LogP contribution in [0.1, 0.15) is 20.3 Å². The van der Waals surface area contributed by atoms with Crippen LogP contribution in [0.5, 0.6) is 0 Å². The number of rotatable bonds is 6. The number of nitrogens with one attached hydrogen (secondary N) is 1. The molecule has 0 bridgehead atoms. The summed E-state index contributed by atoms with van der Waals surface area (Å²) in [5.41, 5.74) is 10.0. The second kappa shape index (κ2) is 5.11. The van der Waals surface area contributed by atoms with Crippen LogP contribution >= 0.6 is 0 Å². The van der Waals surface area contributed by atoms with E-state index in [2.05, 4.69) is 5.32 Å². The molecule has 0 spiro atoms. The molecule has 0 aliphatic rings. The Hall–Kier alpha value is -0.610. The summed E-state index contributed by atoms with van der Waals surface area (Å²) >= 11 is 0. The molecule has 72 valence electrons. The molecule has 0 aliphatic heterocycles. The number of hydrogen-bond acceptors (Lipinski definition) is 3. The van der Waals surface area contributed by atoms with Gasteiger partial charge >= 0.3 is 0 Å². The fraction of sp³-hybridized carbons (Fsp3) is 0.875. The molecule has 0 aromatic carbocycles. The second-order valence-electron chi connectivity index (χ2n) is 3.57. The Kier molecular flexibility index (Phi) is 4.85. The lowest BCUT2D eigenvalue weighted by atomic mass is 9.93. The van der Waals surface area contributed by atoms with E-state index in [9.17, 15) is 4.79 Å². The second-order valence-corrected chi connectivity index (χ2v) is 3.57. The van der Waals surface area contributed by atoms with Gasteiger partial charge in [0.1, 0.15) is 0 Å². The Labute approximate surface area is 73.7 Å². The van der Waals surface area contributed by atoms with E-state index in [4.69, 9.17) is 11.5 Å². The normalized spacial score (nSPS) is 11.6. The van der Waals surface area contributed by atoms with Crippen molar-refractivity contribution in [3.8, 4) is 0 Å². The molecule has 0 saturated heterocycles. The highest BCUT2D eigenvalue weighted by Crippen LogP contribution is 2.11. The van der Waals surface area contributed by atoms with E-state index in [1.165, 1.54) is 0 Å². The molecule has 0 aromatic heterocycles. The highest BCUT2D eigenvalue weighted by atomic mass is 16.1. The maximum absolute atomic E-state index is 10.8. The molecule has 0 fully saturated rings. The zero-order valence-corrected chi connectivity index (χ0v) is 7.89. The quantitative estimate of drug-likeness (QED) is 0.471. The third-order valence-electron chi connectivity index (χ3n) is 1.79. The van der Waals surface area contributed by atoms with Crippen molar-refractivity contribution in [2.24, 2.45) is 16.9 Å². The first kappa shape index (κ1) is 11.4. The van der Waals surface area contributed by atoms with Crippen LogP contribution in [-0.4, -0.2) is 25.5 Å². The summed E-state index contributed by atoms with van der Waals surface area (Å²) in [5.74, 6) is -0.275. The van der Waals surface area contributed by atoms with Crippen molar-refractivity contribution in [1.82, 2.24) is 5.32 Å². The average Bonchev–Trinajstić information content (AvgIpc) is 1.98. The van der Waals surface area contributed by atoms with Gasteiger partial charge in [0, 0.05) is 6.54 Å². The van der Waals surface area contributed by atoms with Gasteiger partial charge in [0.05, 0.1) is 5.41 Å². The van der Waals surface area contributed by atoms with Gasteiger partial charge in [0.15, 0.2) is 0 Å². The Balaban J connectivity index is 3.54. The van der Waals surface area contributed by atoms with Crippen molar-refractivity contribution < 1.29 is 4.79 Å². The first-order chi connectivity index (χ1) is 5.50. The van der Waals surface area contributed by atoms with Gasteiger partial charge in [0.2, 0.25) is 5.91 Å². The van der Waals surface area contributed by atoms with Crippen LogP contribution in [0.4, 0.5) is 0 Å². The molecule has 4 heteroatoms. The molecule has 0 saturated carbocycles. The van der Waals surface area contributed by atoms with Crippen LogP contribution in [0.3, 0.4) is 0 Å². The van der Waals surface area contributed by atoms with Crippen LogP contribution < -0.4 is 16.8 Å². The fourth-order valence-electron chi connectivity index (χ4n) is 0.715. The van der Waals surface area contributed by atoms with Crippen molar-refractivity contribution in [2.45, 2.75) is 20.3 Å². The summed E-state index contributed by atoms with van der Waals surface area (Å²) in [6, 6.07) is 0. The standard InChI is InChI=1S/C8H19N3O/c1-8(2,7(10)12)6-11-5-3-4-9/h11H,3-6,9H2,1-2H3,(H2,10,12). The summed E-state index contributed by atoms with van der Waals surface area (Å²) in [4.78, 5) is 10.8. The number of carbonyl (C=O) groups excluding carboxylic acids is 1. The number of amides is 1. The SMILES string of the molecule is CC(C)(CNCCCN)C(N)=O. The summed E-state index contributed by atoms with van der Waals surface area (Å²) in [6.07, 6.45) is 0.925. The van der Waals surface area contributed by atoms with E-state index in [0.29, 0.717) is 13.1 Å². The van der Waals surface area contributed by atoms with Crippen molar-refractivity contribution in [2.75, 3.05) is 19.6 Å². The minimum absolute atomic E-state index is 0.275. The molecule has 0 rings (SSSR count). The molecule has 0 aliphatic carbocycles. The predicted octanol–water partition coefficient (Wildman–Crippen LogP) is -0.564. The van der Waals surface area contributed by atoms with Gasteiger partial charge in [-0.15, -0.1) is 0 Å².